The van der Waals surface area contributed by atoms with Crippen LogP contribution in [0.4, 0.5) is 4.79 Å². The number of benzene rings is 2. The Bertz CT molecular complexity index is 1080. The van der Waals surface area contributed by atoms with Gasteiger partial charge in [0.15, 0.2) is 0 Å². The fourth-order valence-corrected chi connectivity index (χ4v) is 5.80. The number of nitrogens with one attached hydrogen (secondary N) is 1. The number of nitrogens with zero attached hydrogens (tertiary/aromatic N) is 2. The zero-order valence-electron chi connectivity index (χ0n) is 19.8. The molecule has 3 amide bonds. The summed E-state index contributed by atoms with van der Waals surface area (Å²) in [5.74, 6) is -0.303. The molecule has 0 aromatic heterocycles. The number of urea groups is 1. The number of hydrogen-bond donors (Lipinski definition) is 1. The first-order valence-corrected chi connectivity index (χ1v) is 12.0. The van der Waals surface area contributed by atoms with Crippen molar-refractivity contribution in [2.24, 2.45) is 5.92 Å². The summed E-state index contributed by atoms with van der Waals surface area (Å²) >= 11 is 0. The maximum Gasteiger partial charge on any atom is 0.337 e. The first-order valence-electron chi connectivity index (χ1n) is 12.0. The van der Waals surface area contributed by atoms with E-state index in [9.17, 15) is 14.4 Å². The largest absolute Gasteiger partial charge is 0.465 e. The molecule has 0 bridgehead atoms. The van der Waals surface area contributed by atoms with Gasteiger partial charge in [-0.2, -0.15) is 0 Å². The van der Waals surface area contributed by atoms with Gasteiger partial charge in [-0.05, 0) is 80.4 Å². The molecular weight excluding hydrogens is 430 g/mol. The number of rotatable bonds is 5. The lowest BCUT2D eigenvalue weighted by Gasteiger charge is -2.39. The predicted molar refractivity (Wildman–Crippen MR) is 127 cm³/mol. The summed E-state index contributed by atoms with van der Waals surface area (Å²) in [5.41, 5.74) is 3.29. The number of methoxy groups -OCH3 is 1. The molecule has 3 aliphatic rings. The summed E-state index contributed by atoms with van der Waals surface area (Å²) in [5, 5.41) is 3.07. The molecular formula is C27H31N3O4. The number of imide groups is 1. The summed E-state index contributed by atoms with van der Waals surface area (Å²) < 4.78 is 4.76. The highest BCUT2D eigenvalue weighted by molar-refractivity contribution is 6.07. The van der Waals surface area contributed by atoms with E-state index < -0.39 is 5.54 Å². The van der Waals surface area contributed by atoms with E-state index in [2.05, 4.69) is 22.3 Å². The fourth-order valence-electron chi connectivity index (χ4n) is 5.80. The third kappa shape index (κ3) is 3.98. The maximum atomic E-state index is 13.6. The van der Waals surface area contributed by atoms with Gasteiger partial charge in [0.05, 0.1) is 12.7 Å². The Hall–Kier alpha value is -3.19. The van der Waals surface area contributed by atoms with Crippen LogP contribution >= 0.6 is 0 Å². The average molecular weight is 462 g/mol. The first kappa shape index (κ1) is 22.6. The van der Waals surface area contributed by atoms with Crippen LogP contribution in [0.25, 0.3) is 0 Å². The van der Waals surface area contributed by atoms with Crippen molar-refractivity contribution >= 4 is 17.9 Å². The third-order valence-corrected chi connectivity index (χ3v) is 7.83. The van der Waals surface area contributed by atoms with Gasteiger partial charge in [-0.15, -0.1) is 0 Å². The van der Waals surface area contributed by atoms with Gasteiger partial charge in [0.2, 0.25) is 0 Å². The first-order chi connectivity index (χ1) is 16.4. The van der Waals surface area contributed by atoms with E-state index in [-0.39, 0.29) is 29.9 Å². The average Bonchev–Trinajstić information content (AvgIpc) is 3.37. The fraction of sp³-hybridized carbons (Fsp3) is 0.444. The number of piperidine rings is 1. The quantitative estimate of drug-likeness (QED) is 0.547. The summed E-state index contributed by atoms with van der Waals surface area (Å²) in [7, 11) is 1.38. The van der Waals surface area contributed by atoms with Crippen molar-refractivity contribution in [3.8, 4) is 0 Å². The normalized spacial score (nSPS) is 23.8. The van der Waals surface area contributed by atoms with Crippen LogP contribution < -0.4 is 5.32 Å². The Balaban J connectivity index is 1.20. The van der Waals surface area contributed by atoms with E-state index in [1.807, 2.05) is 31.2 Å². The van der Waals surface area contributed by atoms with Crippen molar-refractivity contribution in [3.05, 3.63) is 70.8 Å². The Morgan fingerprint density at radius 2 is 1.65 bits per heavy atom. The van der Waals surface area contributed by atoms with Crippen LogP contribution in [0.15, 0.2) is 48.5 Å². The molecule has 7 heteroatoms. The molecule has 7 nitrogen and oxygen atoms in total. The third-order valence-electron chi connectivity index (χ3n) is 7.83. The highest BCUT2D eigenvalue weighted by Crippen LogP contribution is 2.36. The van der Waals surface area contributed by atoms with Gasteiger partial charge in [0.25, 0.3) is 5.91 Å². The molecule has 178 valence electrons. The van der Waals surface area contributed by atoms with Crippen molar-refractivity contribution in [1.82, 2.24) is 15.1 Å². The van der Waals surface area contributed by atoms with Gasteiger partial charge >= 0.3 is 12.0 Å². The zero-order chi connectivity index (χ0) is 23.9. The molecule has 1 aliphatic carbocycles. The van der Waals surface area contributed by atoms with E-state index >= 15 is 0 Å². The lowest BCUT2D eigenvalue weighted by molar-refractivity contribution is -0.134. The minimum absolute atomic E-state index is 0.0767. The molecule has 0 unspecified atom stereocenters. The predicted octanol–water partition coefficient (Wildman–Crippen LogP) is 3.16. The molecule has 2 saturated heterocycles. The molecule has 2 heterocycles. The molecule has 1 atom stereocenters. The Morgan fingerprint density at radius 3 is 2.24 bits per heavy atom. The highest BCUT2D eigenvalue weighted by atomic mass is 16.5. The Labute approximate surface area is 200 Å². The molecule has 0 saturated carbocycles. The van der Waals surface area contributed by atoms with Crippen molar-refractivity contribution in [2.45, 2.75) is 50.7 Å². The SMILES string of the molecule is COC(=O)c1ccc(CN2CCC([C@@]3(C)NC(=O)N(C4Cc5ccccc5C4)C3=O)CC2)cc1. The van der Waals surface area contributed by atoms with Crippen LogP contribution in [0, 0.1) is 5.92 Å². The smallest absolute Gasteiger partial charge is 0.337 e. The lowest BCUT2D eigenvalue weighted by Crippen LogP contribution is -2.54. The molecule has 0 spiro atoms. The molecule has 5 rings (SSSR count). The van der Waals surface area contributed by atoms with Gasteiger partial charge in [0, 0.05) is 12.6 Å². The molecule has 2 aromatic carbocycles. The van der Waals surface area contributed by atoms with E-state index in [1.165, 1.54) is 23.1 Å². The number of amides is 3. The van der Waals surface area contributed by atoms with Crippen LogP contribution in [0.5, 0.6) is 0 Å². The van der Waals surface area contributed by atoms with Gasteiger partial charge in [0.1, 0.15) is 5.54 Å². The minimum Gasteiger partial charge on any atom is -0.465 e. The number of hydrogen-bond acceptors (Lipinski definition) is 5. The van der Waals surface area contributed by atoms with Gasteiger partial charge in [-0.25, -0.2) is 9.59 Å². The summed E-state index contributed by atoms with van der Waals surface area (Å²) in [6.07, 6.45) is 3.17. The summed E-state index contributed by atoms with van der Waals surface area (Å²) in [6.45, 7) is 4.41. The van der Waals surface area contributed by atoms with Crippen LogP contribution in [0.3, 0.4) is 0 Å². The van der Waals surface area contributed by atoms with E-state index in [1.54, 1.807) is 12.1 Å². The summed E-state index contributed by atoms with van der Waals surface area (Å²) in [6, 6.07) is 15.3. The van der Waals surface area contributed by atoms with Crippen LogP contribution in [0.2, 0.25) is 0 Å². The monoisotopic (exact) mass is 461 g/mol. The Kier molecular flexibility index (Phi) is 5.90. The topological polar surface area (TPSA) is 79.0 Å². The van der Waals surface area contributed by atoms with Gasteiger partial charge in [-0.3, -0.25) is 14.6 Å². The van der Waals surface area contributed by atoms with Gasteiger partial charge < -0.3 is 10.1 Å². The number of fused-ring (bicyclic) bond motifs is 1. The zero-order valence-corrected chi connectivity index (χ0v) is 19.8. The lowest BCUT2D eigenvalue weighted by atomic mass is 9.78. The molecule has 0 radical (unpaired) electrons. The summed E-state index contributed by atoms with van der Waals surface area (Å²) in [4.78, 5) is 42.0. The number of esters is 1. The van der Waals surface area contributed by atoms with Crippen LogP contribution in [-0.2, 0) is 28.9 Å². The highest BCUT2D eigenvalue weighted by Gasteiger charge is 2.55. The van der Waals surface area contributed by atoms with Crippen LogP contribution in [0.1, 0.15) is 46.8 Å². The van der Waals surface area contributed by atoms with Gasteiger partial charge in [-0.1, -0.05) is 36.4 Å². The molecule has 34 heavy (non-hydrogen) atoms. The number of carbonyl (C=O) groups is 3. The number of carbonyl (C=O) groups excluding carboxylic acids is 3. The maximum absolute atomic E-state index is 13.6. The molecule has 2 aromatic rings. The van der Waals surface area contributed by atoms with E-state index in [0.717, 1.165) is 50.9 Å². The van der Waals surface area contributed by atoms with Crippen LogP contribution in [-0.4, -0.2) is 59.5 Å². The van der Waals surface area contributed by atoms with E-state index in [4.69, 9.17) is 4.74 Å². The second kappa shape index (κ2) is 8.87. The number of likely N-dealkylation sites (tertiary alicyclic amines) is 1. The minimum atomic E-state index is -0.847. The molecule has 1 N–H and O–H groups in total. The van der Waals surface area contributed by atoms with E-state index in [0.29, 0.717) is 5.56 Å². The Morgan fingerprint density at radius 1 is 1.03 bits per heavy atom. The molecule has 2 fully saturated rings. The van der Waals surface area contributed by atoms with Crippen molar-refractivity contribution in [2.75, 3.05) is 20.2 Å². The van der Waals surface area contributed by atoms with Crippen molar-refractivity contribution < 1.29 is 19.1 Å². The standard InChI is InChI=1S/C27H31N3O4/c1-27(25(32)30(26(33)28-27)23-15-20-5-3-4-6-21(20)16-23)22-11-13-29(14-12-22)17-18-7-9-19(10-8-18)24(31)34-2/h3-10,22-23H,11-17H2,1-2H3,(H,28,33)/t27-/m1/s1. The number of ether oxygens (including phenoxy) is 1. The second-order valence-corrected chi connectivity index (χ2v) is 9.88. The van der Waals surface area contributed by atoms with Crippen molar-refractivity contribution in [1.29, 1.82) is 0 Å². The molecule has 2 aliphatic heterocycles. The van der Waals surface area contributed by atoms with Crippen molar-refractivity contribution in [3.63, 3.8) is 0 Å². The second-order valence-electron chi connectivity index (χ2n) is 9.88.